The Balaban J connectivity index is 1.83. The summed E-state index contributed by atoms with van der Waals surface area (Å²) in [6.07, 6.45) is 3.59. The van der Waals surface area contributed by atoms with Crippen LogP contribution in [0.5, 0.6) is 0 Å². The monoisotopic (exact) mass is 404 g/mol. The van der Waals surface area contributed by atoms with Gasteiger partial charge in [-0.1, -0.05) is 41.4 Å². The van der Waals surface area contributed by atoms with Crippen LogP contribution < -0.4 is 14.8 Å². The first-order valence-corrected chi connectivity index (χ1v) is 9.71. The van der Waals surface area contributed by atoms with Crippen LogP contribution in [0.4, 0.5) is 0 Å². The van der Waals surface area contributed by atoms with E-state index >= 15 is 0 Å². The van der Waals surface area contributed by atoms with Crippen molar-refractivity contribution in [3.05, 3.63) is 82.6 Å². The molecule has 4 rings (SSSR count). The highest BCUT2D eigenvalue weighted by molar-refractivity contribution is 7.19. The average Bonchev–Trinajstić information content (AvgIpc) is 3.14. The Hall–Kier alpha value is -1.92. The van der Waals surface area contributed by atoms with Gasteiger partial charge in [0.25, 0.3) is 5.56 Å². The zero-order chi connectivity index (χ0) is 17.4. The Morgan fingerprint density at radius 3 is 2.48 bits per heavy atom. The Kier molecular flexibility index (Phi) is 4.48. The zero-order valence-electron chi connectivity index (χ0n) is 12.6. The van der Waals surface area contributed by atoms with E-state index in [4.69, 9.17) is 23.2 Å². The molecule has 2 aromatic heterocycles. The lowest BCUT2D eigenvalue weighted by molar-refractivity contribution is 1.25. The summed E-state index contributed by atoms with van der Waals surface area (Å²) in [5.41, 5.74) is 1.42. The summed E-state index contributed by atoms with van der Waals surface area (Å²) in [5, 5.41) is 1.87. The maximum absolute atomic E-state index is 12.2. The normalized spacial score (nSPS) is 13.0. The summed E-state index contributed by atoms with van der Waals surface area (Å²) in [5.74, 6) is 0. The molecule has 0 spiro atoms. The van der Waals surface area contributed by atoms with Gasteiger partial charge in [0, 0.05) is 21.7 Å². The van der Waals surface area contributed by atoms with Gasteiger partial charge in [0.2, 0.25) is 0 Å². The van der Waals surface area contributed by atoms with Crippen molar-refractivity contribution >= 4 is 68.2 Å². The van der Waals surface area contributed by atoms with Gasteiger partial charge in [-0.05, 0) is 30.3 Å². The topological polar surface area (TPSA) is 45.8 Å². The van der Waals surface area contributed by atoms with Crippen molar-refractivity contribution in [1.82, 2.24) is 9.97 Å². The SMILES string of the molecule is O=c1[nH]/c(=C/c2nc3ccccc3s2)s/c1=C\c1c(Cl)cccc1Cl. The van der Waals surface area contributed by atoms with Gasteiger partial charge in [-0.15, -0.1) is 22.7 Å². The lowest BCUT2D eigenvalue weighted by Gasteiger charge is -1.99. The van der Waals surface area contributed by atoms with Crippen molar-refractivity contribution in [3.8, 4) is 0 Å². The molecule has 7 heteroatoms. The van der Waals surface area contributed by atoms with E-state index in [9.17, 15) is 4.79 Å². The van der Waals surface area contributed by atoms with E-state index in [-0.39, 0.29) is 5.56 Å². The number of aromatic amines is 1. The third kappa shape index (κ3) is 3.41. The van der Waals surface area contributed by atoms with Gasteiger partial charge in [0.05, 0.1) is 19.4 Å². The van der Waals surface area contributed by atoms with E-state index < -0.39 is 0 Å². The molecule has 0 aliphatic heterocycles. The smallest absolute Gasteiger partial charge is 0.266 e. The Bertz CT molecular complexity index is 1200. The number of rotatable bonds is 2. The number of aromatic nitrogens is 2. The second-order valence-electron chi connectivity index (χ2n) is 5.23. The van der Waals surface area contributed by atoms with E-state index in [1.165, 1.54) is 11.3 Å². The molecule has 0 aliphatic carbocycles. The van der Waals surface area contributed by atoms with Crippen molar-refractivity contribution in [2.24, 2.45) is 0 Å². The molecule has 4 aromatic rings. The third-order valence-corrected chi connectivity index (χ3v) is 6.13. The molecule has 2 aromatic carbocycles. The zero-order valence-corrected chi connectivity index (χ0v) is 15.8. The number of hydrogen-bond acceptors (Lipinski definition) is 4. The highest BCUT2D eigenvalue weighted by Crippen LogP contribution is 2.24. The molecule has 0 saturated carbocycles. The molecule has 0 fully saturated rings. The quantitative estimate of drug-likeness (QED) is 0.548. The van der Waals surface area contributed by atoms with Gasteiger partial charge < -0.3 is 4.98 Å². The summed E-state index contributed by atoms with van der Waals surface area (Å²) in [6, 6.07) is 13.2. The van der Waals surface area contributed by atoms with Crippen LogP contribution >= 0.6 is 45.9 Å². The number of benzene rings is 2. The van der Waals surface area contributed by atoms with E-state index in [1.54, 1.807) is 35.6 Å². The van der Waals surface area contributed by atoms with E-state index in [1.807, 2.05) is 30.3 Å². The largest absolute Gasteiger partial charge is 0.313 e. The summed E-state index contributed by atoms with van der Waals surface area (Å²) < 4.78 is 2.39. The molecule has 0 amide bonds. The maximum Gasteiger partial charge on any atom is 0.266 e. The molecule has 0 unspecified atom stereocenters. The maximum atomic E-state index is 12.2. The van der Waals surface area contributed by atoms with Crippen LogP contribution in [0, 0.1) is 0 Å². The van der Waals surface area contributed by atoms with Crippen LogP contribution in [0.3, 0.4) is 0 Å². The summed E-state index contributed by atoms with van der Waals surface area (Å²) in [7, 11) is 0. The van der Waals surface area contributed by atoms with Crippen LogP contribution in [0.15, 0.2) is 47.3 Å². The second kappa shape index (κ2) is 6.77. The fourth-order valence-electron chi connectivity index (χ4n) is 2.37. The Labute approximate surface area is 160 Å². The number of hydrogen-bond donors (Lipinski definition) is 1. The van der Waals surface area contributed by atoms with Crippen LogP contribution in [-0.2, 0) is 0 Å². The van der Waals surface area contributed by atoms with Crippen LogP contribution in [0.1, 0.15) is 10.6 Å². The lowest BCUT2D eigenvalue weighted by Crippen LogP contribution is -2.19. The number of para-hydroxylation sites is 1. The average molecular weight is 405 g/mol. The molecular weight excluding hydrogens is 395 g/mol. The predicted molar refractivity (Wildman–Crippen MR) is 107 cm³/mol. The van der Waals surface area contributed by atoms with Gasteiger partial charge in [0.1, 0.15) is 5.01 Å². The number of nitrogens with zero attached hydrogens (tertiary/aromatic N) is 1. The second-order valence-corrected chi connectivity index (χ2v) is 8.19. The molecule has 124 valence electrons. The van der Waals surface area contributed by atoms with Crippen LogP contribution in [0.2, 0.25) is 10.0 Å². The minimum absolute atomic E-state index is 0.173. The lowest BCUT2D eigenvalue weighted by atomic mass is 10.2. The van der Waals surface area contributed by atoms with Gasteiger partial charge in [-0.2, -0.15) is 0 Å². The van der Waals surface area contributed by atoms with E-state index in [2.05, 4.69) is 9.97 Å². The molecule has 25 heavy (non-hydrogen) atoms. The molecule has 0 radical (unpaired) electrons. The molecule has 3 nitrogen and oxygen atoms in total. The van der Waals surface area contributed by atoms with Gasteiger partial charge in [-0.25, -0.2) is 4.98 Å². The number of nitrogens with one attached hydrogen (secondary N) is 1. The van der Waals surface area contributed by atoms with Crippen molar-refractivity contribution in [2.45, 2.75) is 0 Å². The molecule has 0 bridgehead atoms. The Morgan fingerprint density at radius 1 is 0.960 bits per heavy atom. The van der Waals surface area contributed by atoms with E-state index in [0.29, 0.717) is 20.1 Å². The van der Waals surface area contributed by atoms with Crippen LogP contribution in [0.25, 0.3) is 22.4 Å². The van der Waals surface area contributed by atoms with Crippen molar-refractivity contribution in [1.29, 1.82) is 0 Å². The number of H-pyrrole nitrogens is 1. The highest BCUT2D eigenvalue weighted by atomic mass is 35.5. The number of thiazole rings is 2. The molecule has 0 saturated heterocycles. The predicted octanol–water partition coefficient (Wildman–Crippen LogP) is 4.01. The van der Waals surface area contributed by atoms with Crippen molar-refractivity contribution in [3.63, 3.8) is 0 Å². The molecule has 0 atom stereocenters. The highest BCUT2D eigenvalue weighted by Gasteiger charge is 2.04. The van der Waals surface area contributed by atoms with Crippen molar-refractivity contribution in [2.75, 3.05) is 0 Å². The van der Waals surface area contributed by atoms with E-state index in [0.717, 1.165) is 19.9 Å². The number of halogens is 2. The first-order chi connectivity index (χ1) is 12.1. The minimum atomic E-state index is -0.173. The minimum Gasteiger partial charge on any atom is -0.313 e. The summed E-state index contributed by atoms with van der Waals surface area (Å²) >= 11 is 15.3. The molecule has 2 heterocycles. The fourth-order valence-corrected chi connectivity index (χ4v) is 4.73. The molecule has 0 aliphatic rings. The van der Waals surface area contributed by atoms with Crippen molar-refractivity contribution < 1.29 is 0 Å². The third-order valence-electron chi connectivity index (χ3n) is 3.52. The van der Waals surface area contributed by atoms with Gasteiger partial charge >= 0.3 is 0 Å². The van der Waals surface area contributed by atoms with Gasteiger partial charge in [0.15, 0.2) is 0 Å². The number of fused-ring (bicyclic) bond motifs is 1. The Morgan fingerprint density at radius 2 is 1.72 bits per heavy atom. The fraction of sp³-hybridized carbons (Fsp3) is 0. The molecule has 1 N–H and O–H groups in total. The standard InChI is InChI=1S/C18H10Cl2N2OS2/c19-11-4-3-5-12(20)10(11)8-15-18(23)22-17(25-15)9-16-21-13-6-1-2-7-14(13)24-16/h1-9H,(H,22,23)/b15-8-,17-9-. The molecular formula is C18H10Cl2N2OS2. The van der Waals surface area contributed by atoms with Gasteiger partial charge in [-0.3, -0.25) is 4.79 Å². The summed E-state index contributed by atoms with van der Waals surface area (Å²) in [4.78, 5) is 19.6. The first kappa shape index (κ1) is 16.5. The first-order valence-electron chi connectivity index (χ1n) is 7.32. The summed E-state index contributed by atoms with van der Waals surface area (Å²) in [6.45, 7) is 0. The van der Waals surface area contributed by atoms with Crippen LogP contribution in [-0.4, -0.2) is 9.97 Å².